The van der Waals surface area contributed by atoms with Crippen molar-refractivity contribution in [2.45, 2.75) is 11.4 Å². The number of para-hydroxylation sites is 1. The lowest BCUT2D eigenvalue weighted by Crippen LogP contribution is -1.98. The lowest BCUT2D eigenvalue weighted by molar-refractivity contribution is 0.996. The van der Waals surface area contributed by atoms with Gasteiger partial charge in [0, 0.05) is 5.69 Å². The van der Waals surface area contributed by atoms with Crippen LogP contribution >= 0.6 is 22.6 Å². The summed E-state index contributed by atoms with van der Waals surface area (Å²) in [6.07, 6.45) is 0. The Bertz CT molecular complexity index is 686. The predicted molar refractivity (Wildman–Crippen MR) is 83.5 cm³/mol. The number of halogens is 1. The number of imidazole rings is 1. The molecule has 90 valence electrons. The van der Waals surface area contributed by atoms with Gasteiger partial charge in [0.25, 0.3) is 0 Å². The van der Waals surface area contributed by atoms with E-state index >= 15 is 0 Å². The molecule has 0 aliphatic heterocycles. The zero-order valence-electron chi connectivity index (χ0n) is 10.1. The van der Waals surface area contributed by atoms with Gasteiger partial charge in [-0.05, 0) is 36.8 Å². The number of aromatic nitrogens is 2. The first-order chi connectivity index (χ1) is 8.79. The van der Waals surface area contributed by atoms with Gasteiger partial charge in [-0.25, -0.2) is 4.98 Å². The summed E-state index contributed by atoms with van der Waals surface area (Å²) in [5.41, 5.74) is 4.70. The number of rotatable bonds is 2. The van der Waals surface area contributed by atoms with Gasteiger partial charge in [-0.3, -0.25) is 4.57 Å². The Morgan fingerprint density at radius 3 is 2.61 bits per heavy atom. The number of hydrogen-bond donors (Lipinski definition) is 0. The number of benzene rings is 2. The summed E-state index contributed by atoms with van der Waals surface area (Å²) in [4.78, 5) is 4.70. The maximum Gasteiger partial charge on any atom is 0.124 e. The van der Waals surface area contributed by atoms with Crippen molar-refractivity contribution in [2.24, 2.45) is 0 Å². The van der Waals surface area contributed by atoms with E-state index in [4.69, 9.17) is 4.98 Å². The summed E-state index contributed by atoms with van der Waals surface area (Å²) in [6.45, 7) is 2.12. The van der Waals surface area contributed by atoms with Crippen LogP contribution in [0.25, 0.3) is 16.7 Å². The van der Waals surface area contributed by atoms with Gasteiger partial charge in [0.2, 0.25) is 0 Å². The molecule has 0 bridgehead atoms. The van der Waals surface area contributed by atoms with Crippen LogP contribution in [0.5, 0.6) is 0 Å². The van der Waals surface area contributed by atoms with Gasteiger partial charge < -0.3 is 0 Å². The Balaban J connectivity index is 2.35. The normalized spacial score (nSPS) is 11.0. The van der Waals surface area contributed by atoms with E-state index in [-0.39, 0.29) is 0 Å². The van der Waals surface area contributed by atoms with E-state index in [1.165, 1.54) is 16.8 Å². The molecule has 0 atom stereocenters. The second-order valence-electron chi connectivity index (χ2n) is 4.32. The molecule has 0 radical (unpaired) electrons. The molecule has 0 N–H and O–H groups in total. The molecule has 2 aromatic carbocycles. The van der Waals surface area contributed by atoms with Crippen molar-refractivity contribution in [1.29, 1.82) is 0 Å². The number of aryl methyl sites for hydroxylation is 1. The third kappa shape index (κ3) is 1.92. The van der Waals surface area contributed by atoms with Crippen molar-refractivity contribution in [2.75, 3.05) is 0 Å². The third-order valence-corrected chi connectivity index (χ3v) is 3.70. The number of alkyl halides is 1. The highest BCUT2D eigenvalue weighted by molar-refractivity contribution is 14.1. The fourth-order valence-electron chi connectivity index (χ4n) is 2.19. The van der Waals surface area contributed by atoms with E-state index in [1.54, 1.807) is 0 Å². The molecule has 2 nitrogen and oxygen atoms in total. The predicted octanol–water partition coefficient (Wildman–Crippen LogP) is 4.27. The maximum atomic E-state index is 4.70. The molecule has 0 aliphatic carbocycles. The van der Waals surface area contributed by atoms with Crippen LogP contribution in [-0.2, 0) is 4.43 Å². The summed E-state index contributed by atoms with van der Waals surface area (Å²) >= 11 is 2.37. The van der Waals surface area contributed by atoms with E-state index in [1.807, 2.05) is 6.07 Å². The molecule has 1 heterocycles. The molecule has 0 fully saturated rings. The Morgan fingerprint density at radius 1 is 1.11 bits per heavy atom. The highest BCUT2D eigenvalue weighted by atomic mass is 127. The van der Waals surface area contributed by atoms with Gasteiger partial charge in [-0.2, -0.15) is 0 Å². The van der Waals surface area contributed by atoms with E-state index < -0.39 is 0 Å². The molecular formula is C15H13IN2. The molecule has 0 saturated carbocycles. The van der Waals surface area contributed by atoms with Gasteiger partial charge in [-0.15, -0.1) is 0 Å². The van der Waals surface area contributed by atoms with Gasteiger partial charge in [0.05, 0.1) is 15.5 Å². The highest BCUT2D eigenvalue weighted by Gasteiger charge is 2.10. The summed E-state index contributed by atoms with van der Waals surface area (Å²) in [5.74, 6) is 1.10. The zero-order chi connectivity index (χ0) is 12.5. The summed E-state index contributed by atoms with van der Waals surface area (Å²) in [6, 6.07) is 16.8. The smallest absolute Gasteiger partial charge is 0.124 e. The second kappa shape index (κ2) is 4.72. The molecule has 1 aromatic heterocycles. The average Bonchev–Trinajstić information content (AvgIpc) is 2.77. The van der Waals surface area contributed by atoms with Crippen LogP contribution in [0, 0.1) is 6.92 Å². The molecule has 0 spiro atoms. The van der Waals surface area contributed by atoms with E-state index in [9.17, 15) is 0 Å². The van der Waals surface area contributed by atoms with Crippen LogP contribution in [0.4, 0.5) is 0 Å². The molecule has 3 rings (SSSR count). The highest BCUT2D eigenvalue weighted by Crippen LogP contribution is 2.23. The Morgan fingerprint density at radius 2 is 1.89 bits per heavy atom. The monoisotopic (exact) mass is 348 g/mol. The van der Waals surface area contributed by atoms with E-state index in [0.717, 1.165) is 15.8 Å². The van der Waals surface area contributed by atoms with Crippen molar-refractivity contribution in [3.8, 4) is 5.69 Å². The molecular weight excluding hydrogens is 335 g/mol. The standard InChI is InChI=1S/C15H13IN2/c1-11-7-8-13-14(9-11)18(15(10-16)17-13)12-5-3-2-4-6-12/h2-9H,10H2,1H3. The van der Waals surface area contributed by atoms with Crippen molar-refractivity contribution in [3.05, 3.63) is 59.9 Å². The topological polar surface area (TPSA) is 17.8 Å². The minimum atomic E-state index is 0.903. The molecule has 18 heavy (non-hydrogen) atoms. The molecule has 3 heteroatoms. The SMILES string of the molecule is Cc1ccc2nc(CI)n(-c3ccccc3)c2c1. The van der Waals surface area contributed by atoms with Gasteiger partial charge in [0.1, 0.15) is 5.82 Å². The van der Waals surface area contributed by atoms with Crippen molar-refractivity contribution >= 4 is 33.6 Å². The van der Waals surface area contributed by atoms with Gasteiger partial charge in [-0.1, -0.05) is 46.9 Å². The lowest BCUT2D eigenvalue weighted by atomic mass is 10.2. The van der Waals surface area contributed by atoms with Crippen molar-refractivity contribution in [3.63, 3.8) is 0 Å². The first-order valence-corrected chi connectivity index (χ1v) is 7.41. The lowest BCUT2D eigenvalue weighted by Gasteiger charge is -2.07. The fraction of sp³-hybridized carbons (Fsp3) is 0.133. The van der Waals surface area contributed by atoms with Crippen LogP contribution in [-0.4, -0.2) is 9.55 Å². The quantitative estimate of drug-likeness (QED) is 0.500. The Hall–Kier alpha value is -1.36. The fourth-order valence-corrected chi connectivity index (χ4v) is 2.70. The molecule has 0 amide bonds. The molecule has 0 aliphatic rings. The molecule has 0 unspecified atom stereocenters. The Kier molecular flexibility index (Phi) is 3.07. The van der Waals surface area contributed by atoms with Crippen LogP contribution in [0.2, 0.25) is 0 Å². The first kappa shape index (κ1) is 11.7. The van der Waals surface area contributed by atoms with Gasteiger partial charge in [0.15, 0.2) is 0 Å². The average molecular weight is 348 g/mol. The zero-order valence-corrected chi connectivity index (χ0v) is 12.3. The van der Waals surface area contributed by atoms with Crippen molar-refractivity contribution in [1.82, 2.24) is 9.55 Å². The summed E-state index contributed by atoms with van der Waals surface area (Å²) in [7, 11) is 0. The largest absolute Gasteiger partial charge is 0.296 e. The molecule has 0 saturated heterocycles. The Labute approximate surface area is 120 Å². The number of fused-ring (bicyclic) bond motifs is 1. The third-order valence-electron chi connectivity index (χ3n) is 3.01. The first-order valence-electron chi connectivity index (χ1n) is 5.89. The van der Waals surface area contributed by atoms with Crippen molar-refractivity contribution < 1.29 is 0 Å². The minimum Gasteiger partial charge on any atom is -0.296 e. The van der Waals surface area contributed by atoms with E-state index in [0.29, 0.717) is 0 Å². The minimum absolute atomic E-state index is 0.903. The maximum absolute atomic E-state index is 4.70. The van der Waals surface area contributed by atoms with Crippen LogP contribution in [0.1, 0.15) is 11.4 Å². The van der Waals surface area contributed by atoms with Crippen LogP contribution in [0.3, 0.4) is 0 Å². The van der Waals surface area contributed by atoms with Crippen LogP contribution < -0.4 is 0 Å². The number of nitrogens with zero attached hydrogens (tertiary/aromatic N) is 2. The van der Waals surface area contributed by atoms with Gasteiger partial charge >= 0.3 is 0 Å². The molecule has 3 aromatic rings. The summed E-state index contributed by atoms with van der Waals surface area (Å²) < 4.78 is 3.15. The number of hydrogen-bond acceptors (Lipinski definition) is 1. The van der Waals surface area contributed by atoms with Crippen LogP contribution in [0.15, 0.2) is 48.5 Å². The second-order valence-corrected chi connectivity index (χ2v) is 5.09. The summed E-state index contributed by atoms with van der Waals surface area (Å²) in [5, 5.41) is 0. The van der Waals surface area contributed by atoms with E-state index in [2.05, 4.69) is 76.5 Å².